The predicted octanol–water partition coefficient (Wildman–Crippen LogP) is 2.38. The topological polar surface area (TPSA) is 72.5 Å². The molecule has 3 heterocycles. The smallest absolute Gasteiger partial charge is 0.222 e. The predicted molar refractivity (Wildman–Crippen MR) is 112 cm³/mol. The lowest BCUT2D eigenvalue weighted by atomic mass is 9.92. The van der Waals surface area contributed by atoms with Gasteiger partial charge in [-0.1, -0.05) is 30.3 Å². The quantitative estimate of drug-likeness (QED) is 0.786. The summed E-state index contributed by atoms with van der Waals surface area (Å²) < 4.78 is 0. The van der Waals surface area contributed by atoms with Crippen LogP contribution >= 0.6 is 0 Å². The average Bonchev–Trinajstić information content (AvgIpc) is 3.30. The number of benzene rings is 1. The Morgan fingerprint density at radius 1 is 1.21 bits per heavy atom. The van der Waals surface area contributed by atoms with Crippen molar-refractivity contribution in [3.8, 4) is 0 Å². The van der Waals surface area contributed by atoms with Gasteiger partial charge >= 0.3 is 0 Å². The number of aromatic amines is 1. The van der Waals surface area contributed by atoms with Gasteiger partial charge in [0.15, 0.2) is 0 Å². The Morgan fingerprint density at radius 2 is 1.97 bits per heavy atom. The van der Waals surface area contributed by atoms with E-state index in [1.54, 1.807) is 0 Å². The first-order valence-corrected chi connectivity index (χ1v) is 10.8. The van der Waals surface area contributed by atoms with E-state index in [4.69, 9.17) is 0 Å². The monoisotopic (exact) mass is 396 g/mol. The normalized spacial score (nSPS) is 23.6. The van der Waals surface area contributed by atoms with Crippen LogP contribution in [0.25, 0.3) is 0 Å². The summed E-state index contributed by atoms with van der Waals surface area (Å²) in [6, 6.07) is 12.6. The van der Waals surface area contributed by atoms with Crippen molar-refractivity contribution in [1.29, 1.82) is 0 Å². The number of hydrogen-bond donors (Lipinski definition) is 2. The van der Waals surface area contributed by atoms with Crippen molar-refractivity contribution < 1.29 is 9.90 Å². The Morgan fingerprint density at radius 3 is 2.66 bits per heavy atom. The minimum Gasteiger partial charge on any atom is -0.391 e. The van der Waals surface area contributed by atoms with E-state index >= 15 is 0 Å². The van der Waals surface area contributed by atoms with Gasteiger partial charge in [0.25, 0.3) is 0 Å². The van der Waals surface area contributed by atoms with Gasteiger partial charge in [-0.25, -0.2) is 0 Å². The van der Waals surface area contributed by atoms with Crippen molar-refractivity contribution in [1.82, 2.24) is 20.0 Å². The van der Waals surface area contributed by atoms with Gasteiger partial charge in [-0.05, 0) is 56.8 Å². The number of carbonyl (C=O) groups is 1. The average molecular weight is 397 g/mol. The van der Waals surface area contributed by atoms with Crippen LogP contribution in [0.2, 0.25) is 0 Å². The van der Waals surface area contributed by atoms with Crippen LogP contribution in [0, 0.1) is 18.8 Å². The van der Waals surface area contributed by atoms with E-state index in [9.17, 15) is 9.90 Å². The van der Waals surface area contributed by atoms with Gasteiger partial charge in [-0.2, -0.15) is 5.10 Å². The van der Waals surface area contributed by atoms with E-state index < -0.39 is 6.10 Å². The van der Waals surface area contributed by atoms with Gasteiger partial charge in [0.05, 0.1) is 11.8 Å². The van der Waals surface area contributed by atoms with Crippen LogP contribution in [0.3, 0.4) is 0 Å². The molecule has 1 aromatic heterocycles. The van der Waals surface area contributed by atoms with E-state index in [0.717, 1.165) is 43.9 Å². The number of aliphatic hydroxyl groups excluding tert-OH is 1. The number of aryl methyl sites for hydroxylation is 1. The number of nitrogens with zero attached hydrogens (tertiary/aromatic N) is 3. The first-order chi connectivity index (χ1) is 14.1. The Kier molecular flexibility index (Phi) is 6.31. The van der Waals surface area contributed by atoms with E-state index in [0.29, 0.717) is 31.8 Å². The minimum atomic E-state index is -0.455. The summed E-state index contributed by atoms with van der Waals surface area (Å²) in [5, 5.41) is 17.6. The molecule has 156 valence electrons. The highest BCUT2D eigenvalue weighted by Crippen LogP contribution is 2.26. The molecule has 2 aliphatic heterocycles. The summed E-state index contributed by atoms with van der Waals surface area (Å²) in [7, 11) is 0. The van der Waals surface area contributed by atoms with Gasteiger partial charge in [0.1, 0.15) is 0 Å². The van der Waals surface area contributed by atoms with Crippen LogP contribution in [-0.4, -0.2) is 63.3 Å². The Labute approximate surface area is 172 Å². The lowest BCUT2D eigenvalue weighted by Crippen LogP contribution is -2.36. The molecule has 6 heteroatoms. The number of amides is 1. The van der Waals surface area contributed by atoms with Crippen molar-refractivity contribution in [2.45, 2.75) is 45.3 Å². The lowest BCUT2D eigenvalue weighted by Gasteiger charge is -2.32. The van der Waals surface area contributed by atoms with Crippen LogP contribution < -0.4 is 0 Å². The van der Waals surface area contributed by atoms with Crippen LogP contribution in [0.1, 0.15) is 36.2 Å². The molecule has 2 aliphatic rings. The molecule has 6 nitrogen and oxygen atoms in total. The second-order valence-corrected chi connectivity index (χ2v) is 8.78. The third-order valence-electron chi connectivity index (χ3n) is 6.41. The first-order valence-electron chi connectivity index (χ1n) is 10.8. The fraction of sp³-hybridized carbons (Fsp3) is 0.565. The number of hydrogen-bond acceptors (Lipinski definition) is 4. The zero-order chi connectivity index (χ0) is 20.2. The Bertz CT molecular complexity index is 798. The third-order valence-corrected chi connectivity index (χ3v) is 6.41. The third kappa shape index (κ3) is 5.25. The zero-order valence-electron chi connectivity index (χ0n) is 17.3. The first kappa shape index (κ1) is 20.1. The van der Waals surface area contributed by atoms with Crippen molar-refractivity contribution in [3.05, 3.63) is 53.3 Å². The maximum Gasteiger partial charge on any atom is 0.222 e. The minimum absolute atomic E-state index is 0.0781. The second-order valence-electron chi connectivity index (χ2n) is 8.78. The van der Waals surface area contributed by atoms with Gasteiger partial charge in [-0.15, -0.1) is 0 Å². The zero-order valence-corrected chi connectivity index (χ0v) is 17.3. The second kappa shape index (κ2) is 9.09. The maximum atomic E-state index is 12.8. The van der Waals surface area contributed by atoms with Gasteiger partial charge in [0, 0.05) is 37.7 Å². The molecule has 2 atom stereocenters. The highest BCUT2D eigenvalue weighted by Gasteiger charge is 2.35. The molecule has 2 fully saturated rings. The van der Waals surface area contributed by atoms with E-state index in [1.165, 1.54) is 5.56 Å². The van der Waals surface area contributed by atoms with Crippen LogP contribution in [0.4, 0.5) is 0 Å². The molecule has 0 aliphatic carbocycles. The molecule has 2 N–H and O–H groups in total. The van der Waals surface area contributed by atoms with Gasteiger partial charge in [-0.3, -0.25) is 14.8 Å². The molecule has 2 saturated heterocycles. The van der Waals surface area contributed by atoms with E-state index in [-0.39, 0.29) is 11.8 Å². The fourth-order valence-electron chi connectivity index (χ4n) is 4.67. The number of rotatable bonds is 6. The molecule has 0 saturated carbocycles. The number of nitrogens with one attached hydrogen (secondary N) is 1. The maximum absolute atomic E-state index is 12.8. The van der Waals surface area contributed by atoms with E-state index in [1.807, 2.05) is 17.9 Å². The van der Waals surface area contributed by atoms with Crippen LogP contribution in [0.5, 0.6) is 0 Å². The van der Waals surface area contributed by atoms with Crippen molar-refractivity contribution in [2.24, 2.45) is 11.8 Å². The number of likely N-dealkylation sites (tertiary alicyclic amines) is 2. The lowest BCUT2D eigenvalue weighted by molar-refractivity contribution is -0.132. The molecular weight excluding hydrogens is 364 g/mol. The Hall–Kier alpha value is -2.18. The number of β-amino-alcohol motifs (C(OH)–C–C–N with tert-alkyl or cyclic N) is 1. The molecule has 0 unspecified atom stereocenters. The number of aromatic nitrogens is 2. The largest absolute Gasteiger partial charge is 0.391 e. The summed E-state index contributed by atoms with van der Waals surface area (Å²) in [5.74, 6) is 0.736. The molecule has 0 spiro atoms. The molecule has 29 heavy (non-hydrogen) atoms. The number of carbonyl (C=O) groups excluding carboxylic acids is 1. The van der Waals surface area contributed by atoms with Crippen molar-refractivity contribution in [3.63, 3.8) is 0 Å². The molecule has 1 aromatic carbocycles. The SMILES string of the molecule is Cc1cc(C[C@@H]2CN(C(=O)CC3CCN(Cc4ccccc4)CC3)C[C@H]2O)n[nH]1. The Balaban J connectivity index is 1.22. The molecule has 2 aromatic rings. The highest BCUT2D eigenvalue weighted by molar-refractivity contribution is 5.76. The number of piperidine rings is 1. The molecule has 1 amide bonds. The molecule has 0 bridgehead atoms. The summed E-state index contributed by atoms with van der Waals surface area (Å²) in [6.07, 6.45) is 3.02. The molecular formula is C23H32N4O2. The standard InChI is InChI=1S/C23H32N4O2/c1-17-11-21(25-24-17)13-20-15-27(16-22(20)28)23(29)12-18-7-9-26(10-8-18)14-19-5-3-2-4-6-19/h2-6,11,18,20,22,28H,7-10,12-16H2,1H3,(H,24,25)/t20-,22-/m1/s1. The van der Waals surface area contributed by atoms with Gasteiger partial charge < -0.3 is 10.0 Å². The number of H-pyrrole nitrogens is 1. The van der Waals surface area contributed by atoms with Crippen LogP contribution in [-0.2, 0) is 17.8 Å². The summed E-state index contributed by atoms with van der Waals surface area (Å²) in [5.41, 5.74) is 3.34. The highest BCUT2D eigenvalue weighted by atomic mass is 16.3. The van der Waals surface area contributed by atoms with Crippen molar-refractivity contribution >= 4 is 5.91 Å². The van der Waals surface area contributed by atoms with Crippen molar-refractivity contribution in [2.75, 3.05) is 26.2 Å². The summed E-state index contributed by atoms with van der Waals surface area (Å²) in [6.45, 7) is 6.17. The van der Waals surface area contributed by atoms with E-state index in [2.05, 4.69) is 45.4 Å². The van der Waals surface area contributed by atoms with Crippen LogP contribution in [0.15, 0.2) is 36.4 Å². The number of aliphatic hydroxyl groups is 1. The molecule has 0 radical (unpaired) electrons. The van der Waals surface area contributed by atoms with Gasteiger partial charge in [0.2, 0.25) is 5.91 Å². The fourth-order valence-corrected chi connectivity index (χ4v) is 4.67. The summed E-state index contributed by atoms with van der Waals surface area (Å²) in [4.78, 5) is 17.2. The summed E-state index contributed by atoms with van der Waals surface area (Å²) >= 11 is 0. The molecule has 4 rings (SSSR count).